The first-order valence-electron chi connectivity index (χ1n) is 5.73. The first kappa shape index (κ1) is 12.9. The van der Waals surface area contributed by atoms with Crippen LogP contribution in [-0.2, 0) is 6.54 Å². The van der Waals surface area contributed by atoms with Gasteiger partial charge in [0.2, 0.25) is 0 Å². The number of nitrogens with zero attached hydrogens (tertiary/aromatic N) is 1. The molecule has 0 radical (unpaired) electrons. The SMILES string of the molecule is CNCc1ccncc1Oc1ccccc1SC. The van der Waals surface area contributed by atoms with E-state index in [4.69, 9.17) is 4.74 Å². The zero-order chi connectivity index (χ0) is 12.8. The molecular weight excluding hydrogens is 244 g/mol. The van der Waals surface area contributed by atoms with Crippen LogP contribution in [0.15, 0.2) is 47.6 Å². The van der Waals surface area contributed by atoms with E-state index >= 15 is 0 Å². The average molecular weight is 260 g/mol. The molecule has 0 aliphatic heterocycles. The topological polar surface area (TPSA) is 34.2 Å². The molecule has 0 spiro atoms. The van der Waals surface area contributed by atoms with Crippen LogP contribution in [0.1, 0.15) is 5.56 Å². The number of rotatable bonds is 5. The maximum Gasteiger partial charge on any atom is 0.150 e. The molecule has 1 heterocycles. The number of benzene rings is 1. The molecule has 1 aromatic heterocycles. The van der Waals surface area contributed by atoms with E-state index in [0.717, 1.165) is 28.5 Å². The number of nitrogens with one attached hydrogen (secondary N) is 1. The van der Waals surface area contributed by atoms with Crippen molar-refractivity contribution in [3.8, 4) is 11.5 Å². The van der Waals surface area contributed by atoms with Gasteiger partial charge < -0.3 is 10.1 Å². The summed E-state index contributed by atoms with van der Waals surface area (Å²) in [7, 11) is 1.92. The van der Waals surface area contributed by atoms with Crippen LogP contribution in [0.4, 0.5) is 0 Å². The summed E-state index contributed by atoms with van der Waals surface area (Å²) < 4.78 is 5.96. The van der Waals surface area contributed by atoms with Crippen LogP contribution in [0.3, 0.4) is 0 Å². The summed E-state index contributed by atoms with van der Waals surface area (Å²) in [6, 6.07) is 9.98. The third-order valence-corrected chi connectivity index (χ3v) is 3.30. The quantitative estimate of drug-likeness (QED) is 0.836. The van der Waals surface area contributed by atoms with Crippen LogP contribution in [0.25, 0.3) is 0 Å². The first-order valence-corrected chi connectivity index (χ1v) is 6.96. The van der Waals surface area contributed by atoms with Gasteiger partial charge in [-0.3, -0.25) is 4.98 Å². The van der Waals surface area contributed by atoms with Crippen molar-refractivity contribution >= 4 is 11.8 Å². The smallest absolute Gasteiger partial charge is 0.150 e. The Hall–Kier alpha value is -1.52. The fourth-order valence-electron chi connectivity index (χ4n) is 1.66. The molecular formula is C14H16N2OS. The number of para-hydroxylation sites is 1. The standard InChI is InChI=1S/C14H16N2OS/c1-15-9-11-7-8-16-10-13(11)17-12-5-3-4-6-14(12)18-2/h3-8,10,15H,9H2,1-2H3. The molecule has 18 heavy (non-hydrogen) atoms. The summed E-state index contributed by atoms with van der Waals surface area (Å²) in [5.74, 6) is 1.67. The molecule has 3 nitrogen and oxygen atoms in total. The van der Waals surface area contributed by atoms with E-state index in [1.54, 1.807) is 24.2 Å². The molecule has 0 saturated carbocycles. The van der Waals surface area contributed by atoms with E-state index in [-0.39, 0.29) is 0 Å². The number of hydrogen-bond donors (Lipinski definition) is 1. The van der Waals surface area contributed by atoms with Crippen LogP contribution in [0, 0.1) is 0 Å². The van der Waals surface area contributed by atoms with Crippen molar-refractivity contribution in [2.24, 2.45) is 0 Å². The van der Waals surface area contributed by atoms with Gasteiger partial charge in [-0.15, -0.1) is 11.8 Å². The molecule has 0 amide bonds. The van der Waals surface area contributed by atoms with Gasteiger partial charge in [-0.05, 0) is 31.5 Å². The third-order valence-electron chi connectivity index (χ3n) is 2.53. The predicted octanol–water partition coefficient (Wildman–Crippen LogP) is 3.32. The maximum absolute atomic E-state index is 5.96. The van der Waals surface area contributed by atoms with Crippen molar-refractivity contribution < 1.29 is 4.74 Å². The van der Waals surface area contributed by atoms with Gasteiger partial charge in [0.1, 0.15) is 11.5 Å². The summed E-state index contributed by atoms with van der Waals surface area (Å²) in [4.78, 5) is 5.24. The summed E-state index contributed by atoms with van der Waals surface area (Å²) in [6.07, 6.45) is 5.57. The second-order valence-electron chi connectivity index (χ2n) is 3.77. The molecule has 2 aromatic rings. The number of pyridine rings is 1. The molecule has 1 aromatic carbocycles. The maximum atomic E-state index is 5.96. The van der Waals surface area contributed by atoms with Crippen molar-refractivity contribution in [2.45, 2.75) is 11.4 Å². The summed E-state index contributed by atoms with van der Waals surface area (Å²) >= 11 is 1.67. The van der Waals surface area contributed by atoms with Crippen molar-refractivity contribution in [3.63, 3.8) is 0 Å². The molecule has 0 aliphatic carbocycles. The Bertz CT molecular complexity index is 517. The van der Waals surface area contributed by atoms with Crippen LogP contribution in [0.5, 0.6) is 11.5 Å². The fraction of sp³-hybridized carbons (Fsp3) is 0.214. The van der Waals surface area contributed by atoms with Crippen molar-refractivity contribution in [1.29, 1.82) is 0 Å². The van der Waals surface area contributed by atoms with Gasteiger partial charge >= 0.3 is 0 Å². The van der Waals surface area contributed by atoms with Gasteiger partial charge in [-0.2, -0.15) is 0 Å². The van der Waals surface area contributed by atoms with Gasteiger partial charge in [0, 0.05) is 23.2 Å². The largest absolute Gasteiger partial charge is 0.454 e. The van der Waals surface area contributed by atoms with Crippen molar-refractivity contribution in [3.05, 3.63) is 48.3 Å². The minimum Gasteiger partial charge on any atom is -0.454 e. The second kappa shape index (κ2) is 6.42. The highest BCUT2D eigenvalue weighted by Crippen LogP contribution is 2.32. The van der Waals surface area contributed by atoms with Gasteiger partial charge in [0.05, 0.1) is 6.20 Å². The number of hydrogen-bond acceptors (Lipinski definition) is 4. The molecule has 0 saturated heterocycles. The first-order chi connectivity index (χ1) is 8.85. The van der Waals surface area contributed by atoms with Gasteiger partial charge in [0.15, 0.2) is 0 Å². The van der Waals surface area contributed by atoms with Crippen molar-refractivity contribution in [1.82, 2.24) is 10.3 Å². The van der Waals surface area contributed by atoms with Crippen LogP contribution >= 0.6 is 11.8 Å². The Labute approximate surface area is 112 Å². The van der Waals surface area contributed by atoms with E-state index in [9.17, 15) is 0 Å². The Kier molecular flexibility index (Phi) is 4.61. The average Bonchev–Trinajstić information content (AvgIpc) is 2.42. The van der Waals surface area contributed by atoms with Gasteiger partial charge in [0.25, 0.3) is 0 Å². The second-order valence-corrected chi connectivity index (χ2v) is 4.61. The highest BCUT2D eigenvalue weighted by molar-refractivity contribution is 7.98. The molecule has 4 heteroatoms. The molecule has 0 fully saturated rings. The number of aromatic nitrogens is 1. The molecule has 94 valence electrons. The summed E-state index contributed by atoms with van der Waals surface area (Å²) in [5.41, 5.74) is 1.10. The summed E-state index contributed by atoms with van der Waals surface area (Å²) in [5, 5.41) is 3.13. The Morgan fingerprint density at radius 2 is 2.06 bits per heavy atom. The highest BCUT2D eigenvalue weighted by Gasteiger charge is 2.07. The van der Waals surface area contributed by atoms with Crippen LogP contribution in [0.2, 0.25) is 0 Å². The van der Waals surface area contributed by atoms with Gasteiger partial charge in [-0.25, -0.2) is 0 Å². The third kappa shape index (κ3) is 3.03. The molecule has 0 aliphatic rings. The van der Waals surface area contributed by atoms with Crippen LogP contribution < -0.4 is 10.1 Å². The Morgan fingerprint density at radius 1 is 1.22 bits per heavy atom. The number of thioether (sulfide) groups is 1. The summed E-state index contributed by atoms with van der Waals surface area (Å²) in [6.45, 7) is 0.763. The molecule has 0 unspecified atom stereocenters. The normalized spacial score (nSPS) is 10.3. The zero-order valence-corrected chi connectivity index (χ0v) is 11.3. The lowest BCUT2D eigenvalue weighted by atomic mass is 10.2. The van der Waals surface area contributed by atoms with E-state index in [2.05, 4.69) is 10.3 Å². The fourth-order valence-corrected chi connectivity index (χ4v) is 2.18. The number of ether oxygens (including phenoxy) is 1. The van der Waals surface area contributed by atoms with E-state index in [1.807, 2.05) is 43.6 Å². The zero-order valence-electron chi connectivity index (χ0n) is 10.5. The van der Waals surface area contributed by atoms with Crippen molar-refractivity contribution in [2.75, 3.05) is 13.3 Å². The van der Waals surface area contributed by atoms with Crippen LogP contribution in [-0.4, -0.2) is 18.3 Å². The van der Waals surface area contributed by atoms with Gasteiger partial charge in [-0.1, -0.05) is 12.1 Å². The lowest BCUT2D eigenvalue weighted by Crippen LogP contribution is -2.06. The monoisotopic (exact) mass is 260 g/mol. The van der Waals surface area contributed by atoms with E-state index in [0.29, 0.717) is 0 Å². The molecule has 0 bridgehead atoms. The Morgan fingerprint density at radius 3 is 2.83 bits per heavy atom. The predicted molar refractivity (Wildman–Crippen MR) is 75.3 cm³/mol. The minimum atomic E-state index is 0.763. The van der Waals surface area contributed by atoms with E-state index in [1.165, 1.54) is 0 Å². The molecule has 0 atom stereocenters. The lowest BCUT2D eigenvalue weighted by Gasteiger charge is -2.12. The molecule has 1 N–H and O–H groups in total. The minimum absolute atomic E-state index is 0.763. The molecule has 2 rings (SSSR count). The Balaban J connectivity index is 2.28. The lowest BCUT2D eigenvalue weighted by molar-refractivity contribution is 0.461. The highest BCUT2D eigenvalue weighted by atomic mass is 32.2. The van der Waals surface area contributed by atoms with E-state index < -0.39 is 0 Å².